The summed E-state index contributed by atoms with van der Waals surface area (Å²) in [6, 6.07) is 5.43. The third-order valence-corrected chi connectivity index (χ3v) is 6.49. The minimum absolute atomic E-state index is 0.0674. The largest absolute Gasteiger partial charge is 0.507 e. The Morgan fingerprint density at radius 2 is 2.07 bits per heavy atom. The summed E-state index contributed by atoms with van der Waals surface area (Å²) in [6.07, 6.45) is 1.62. The minimum Gasteiger partial charge on any atom is -0.507 e. The van der Waals surface area contributed by atoms with Crippen molar-refractivity contribution in [2.75, 3.05) is 26.0 Å². The number of carbonyl (C=O) groups excluding carboxylic acids is 1. The van der Waals surface area contributed by atoms with E-state index in [-0.39, 0.29) is 34.7 Å². The summed E-state index contributed by atoms with van der Waals surface area (Å²) in [7, 11) is 5.17. The Balaban J connectivity index is 1.56. The van der Waals surface area contributed by atoms with Crippen LogP contribution in [0.15, 0.2) is 24.3 Å². The predicted octanol–water partition coefficient (Wildman–Crippen LogP) is 2.36. The molecule has 2 saturated heterocycles. The Morgan fingerprint density at radius 3 is 2.73 bits per heavy atom. The Bertz CT molecular complexity index is 955. The molecule has 7 nitrogen and oxygen atoms in total. The number of piperidine rings is 1. The zero-order valence-corrected chi connectivity index (χ0v) is 17.1. The highest BCUT2D eigenvalue weighted by molar-refractivity contribution is 5.95. The van der Waals surface area contributed by atoms with Gasteiger partial charge in [0.2, 0.25) is 0 Å². The van der Waals surface area contributed by atoms with Gasteiger partial charge in [0.15, 0.2) is 5.82 Å². The average molecular weight is 417 g/mol. The maximum Gasteiger partial charge on any atom is 0.254 e. The number of nitrogens with zero attached hydrogens (tertiary/aromatic N) is 4. The molecule has 2 aliphatic heterocycles. The molecule has 2 fully saturated rings. The summed E-state index contributed by atoms with van der Waals surface area (Å²) in [4.78, 5) is 15.6. The summed E-state index contributed by atoms with van der Waals surface area (Å²) >= 11 is 0. The first-order valence-electron chi connectivity index (χ1n) is 9.99. The molecule has 2 N–H and O–H groups in total. The fraction of sp³-hybridized carbons (Fsp3) is 0.476. The summed E-state index contributed by atoms with van der Waals surface area (Å²) in [5.74, 6) is -1.17. The standard InChI is InChI=1S/C21H25F2N5O2/c1-24-21(30)12-10-18(29)13(9-14(12)22)15-5-7-19(26-25-15)28(3)17-8-11-4-6-16(20(17)23)27(11)2/h5,7,9-11,16-17,20,29H,4,6,8H2,1-3H3,(H,24,30)/t11?,16?,17-,20+/m0/s1. The van der Waals surface area contributed by atoms with Gasteiger partial charge in [-0.1, -0.05) is 0 Å². The fourth-order valence-electron chi connectivity index (χ4n) is 4.65. The number of carbonyl (C=O) groups is 1. The number of aromatic nitrogens is 2. The van der Waals surface area contributed by atoms with E-state index in [1.54, 1.807) is 19.2 Å². The van der Waals surface area contributed by atoms with Crippen molar-refractivity contribution in [1.29, 1.82) is 0 Å². The van der Waals surface area contributed by atoms with E-state index in [1.165, 1.54) is 7.05 Å². The normalized spacial score (nSPS) is 25.9. The number of benzene rings is 1. The molecular weight excluding hydrogens is 392 g/mol. The van der Waals surface area contributed by atoms with Crippen molar-refractivity contribution in [2.24, 2.45) is 0 Å². The molecule has 30 heavy (non-hydrogen) atoms. The van der Waals surface area contributed by atoms with E-state index in [9.17, 15) is 14.3 Å². The van der Waals surface area contributed by atoms with Gasteiger partial charge in [0.25, 0.3) is 5.91 Å². The molecule has 9 heteroatoms. The highest BCUT2D eigenvalue weighted by atomic mass is 19.1. The number of fused-ring (bicyclic) bond motifs is 2. The number of hydrogen-bond donors (Lipinski definition) is 2. The summed E-state index contributed by atoms with van der Waals surface area (Å²) in [6.45, 7) is 0. The number of alkyl halides is 1. The van der Waals surface area contributed by atoms with Gasteiger partial charge in [-0.2, -0.15) is 0 Å². The van der Waals surface area contributed by atoms with Crippen LogP contribution in [-0.2, 0) is 0 Å². The molecule has 0 aliphatic carbocycles. The molecule has 1 aromatic heterocycles. The quantitative estimate of drug-likeness (QED) is 0.795. The fourth-order valence-corrected chi connectivity index (χ4v) is 4.65. The number of nitrogens with one attached hydrogen (secondary N) is 1. The van der Waals surface area contributed by atoms with Crippen LogP contribution in [0.2, 0.25) is 0 Å². The van der Waals surface area contributed by atoms with Gasteiger partial charge in [-0.25, -0.2) is 8.78 Å². The van der Waals surface area contributed by atoms with E-state index in [2.05, 4.69) is 20.4 Å². The lowest BCUT2D eigenvalue weighted by atomic mass is 9.95. The Hall–Kier alpha value is -2.81. The number of phenols is 1. The number of amides is 1. The van der Waals surface area contributed by atoms with E-state index >= 15 is 4.39 Å². The molecule has 2 unspecified atom stereocenters. The van der Waals surface area contributed by atoms with Gasteiger partial charge in [-0.05, 0) is 50.6 Å². The van der Waals surface area contributed by atoms with Crippen LogP contribution >= 0.6 is 0 Å². The molecule has 4 rings (SSSR count). The van der Waals surface area contributed by atoms with E-state index in [0.29, 0.717) is 11.9 Å². The predicted molar refractivity (Wildman–Crippen MR) is 109 cm³/mol. The van der Waals surface area contributed by atoms with E-state index in [1.807, 2.05) is 11.9 Å². The van der Waals surface area contributed by atoms with Gasteiger partial charge in [0.05, 0.1) is 17.3 Å². The molecule has 3 heterocycles. The number of rotatable bonds is 4. The van der Waals surface area contributed by atoms with Crippen molar-refractivity contribution in [3.8, 4) is 17.0 Å². The van der Waals surface area contributed by atoms with Gasteiger partial charge >= 0.3 is 0 Å². The van der Waals surface area contributed by atoms with Crippen LogP contribution in [0, 0.1) is 5.82 Å². The second-order valence-electron chi connectivity index (χ2n) is 8.03. The van der Waals surface area contributed by atoms with Crippen LogP contribution in [0.25, 0.3) is 11.3 Å². The second-order valence-corrected chi connectivity index (χ2v) is 8.03. The van der Waals surface area contributed by atoms with Gasteiger partial charge in [-0.3, -0.25) is 9.69 Å². The smallest absolute Gasteiger partial charge is 0.254 e. The van der Waals surface area contributed by atoms with Gasteiger partial charge in [-0.15, -0.1) is 10.2 Å². The second kappa shape index (κ2) is 7.79. The van der Waals surface area contributed by atoms with Crippen molar-refractivity contribution in [2.45, 2.75) is 43.6 Å². The van der Waals surface area contributed by atoms with E-state index in [4.69, 9.17) is 0 Å². The van der Waals surface area contributed by atoms with Crippen molar-refractivity contribution >= 4 is 11.7 Å². The van der Waals surface area contributed by atoms with Gasteiger partial charge < -0.3 is 15.3 Å². The molecule has 0 saturated carbocycles. The Kier molecular flexibility index (Phi) is 5.31. The van der Waals surface area contributed by atoms with E-state index < -0.39 is 17.9 Å². The van der Waals surface area contributed by atoms with E-state index in [0.717, 1.165) is 31.4 Å². The third kappa shape index (κ3) is 3.36. The molecule has 1 amide bonds. The maximum absolute atomic E-state index is 15.1. The van der Waals surface area contributed by atoms with Crippen LogP contribution in [-0.4, -0.2) is 71.6 Å². The first kappa shape index (κ1) is 20.5. The highest BCUT2D eigenvalue weighted by Crippen LogP contribution is 2.39. The Labute approximate surface area is 173 Å². The van der Waals surface area contributed by atoms with Crippen LogP contribution in [0.4, 0.5) is 14.6 Å². The molecule has 160 valence electrons. The molecule has 2 bridgehead atoms. The lowest BCUT2D eigenvalue weighted by Crippen LogP contribution is -2.56. The number of hydrogen-bond acceptors (Lipinski definition) is 6. The molecule has 1 aromatic carbocycles. The molecule has 2 aliphatic rings. The average Bonchev–Trinajstić information content (AvgIpc) is 3.01. The van der Waals surface area contributed by atoms with Gasteiger partial charge in [0, 0.05) is 31.7 Å². The minimum atomic E-state index is -0.976. The van der Waals surface area contributed by atoms with Crippen molar-refractivity contribution in [3.63, 3.8) is 0 Å². The SMILES string of the molecule is CNC(=O)c1cc(O)c(-c2ccc(N(C)[C@H]3CC4CCC([C@H]3F)N4C)nn2)cc1F. The summed E-state index contributed by atoms with van der Waals surface area (Å²) in [5.41, 5.74) is 0.128. The van der Waals surface area contributed by atoms with Gasteiger partial charge in [0.1, 0.15) is 17.7 Å². The molecular formula is C21H25F2N5O2. The number of halogens is 2. The molecule has 2 aromatic rings. The van der Waals surface area contributed by atoms with Crippen LogP contribution in [0.1, 0.15) is 29.6 Å². The number of phenolic OH excluding ortho intramolecular Hbond substituents is 1. The zero-order valence-electron chi connectivity index (χ0n) is 17.1. The zero-order chi connectivity index (χ0) is 21.6. The Morgan fingerprint density at radius 1 is 1.30 bits per heavy atom. The number of anilines is 1. The number of aromatic hydroxyl groups is 1. The lowest BCUT2D eigenvalue weighted by Gasteiger charge is -2.43. The van der Waals surface area contributed by atoms with Crippen LogP contribution in [0.3, 0.4) is 0 Å². The third-order valence-electron chi connectivity index (χ3n) is 6.49. The topological polar surface area (TPSA) is 81.6 Å². The van der Waals surface area contributed by atoms with Crippen LogP contribution < -0.4 is 10.2 Å². The molecule has 0 radical (unpaired) electrons. The first-order valence-corrected chi connectivity index (χ1v) is 9.99. The van der Waals surface area contributed by atoms with Crippen molar-refractivity contribution in [1.82, 2.24) is 20.4 Å². The summed E-state index contributed by atoms with van der Waals surface area (Å²) in [5, 5.41) is 20.8. The monoisotopic (exact) mass is 417 g/mol. The maximum atomic E-state index is 15.1. The molecule has 0 spiro atoms. The summed E-state index contributed by atoms with van der Waals surface area (Å²) < 4.78 is 29.3. The van der Waals surface area contributed by atoms with Crippen LogP contribution in [0.5, 0.6) is 5.75 Å². The van der Waals surface area contributed by atoms with Crippen molar-refractivity contribution < 1.29 is 18.7 Å². The highest BCUT2D eigenvalue weighted by Gasteiger charge is 2.47. The lowest BCUT2D eigenvalue weighted by molar-refractivity contribution is 0.0701. The first-order chi connectivity index (χ1) is 14.3. The van der Waals surface area contributed by atoms with Crippen molar-refractivity contribution in [3.05, 3.63) is 35.6 Å². The molecule has 4 atom stereocenters.